The number of carboxylic acid groups (broad SMARTS) is 1. The SMILES string of the molecule is CCN(c1ccccc1C)c1cccc(SC)c1C(=O)O. The fourth-order valence-corrected chi connectivity index (χ4v) is 3.08. The third kappa shape index (κ3) is 3.05. The van der Waals surface area contributed by atoms with Crippen LogP contribution in [0.3, 0.4) is 0 Å². The maximum absolute atomic E-state index is 11.7. The Hall–Kier alpha value is -1.94. The lowest BCUT2D eigenvalue weighted by atomic mass is 10.1. The molecule has 110 valence electrons. The molecule has 0 aliphatic carbocycles. The average molecular weight is 301 g/mol. The Kier molecular flexibility index (Phi) is 4.91. The number of carbonyl (C=O) groups is 1. The van der Waals surface area contributed by atoms with Gasteiger partial charge in [0.25, 0.3) is 0 Å². The van der Waals surface area contributed by atoms with Gasteiger partial charge in [-0.25, -0.2) is 4.79 Å². The summed E-state index contributed by atoms with van der Waals surface area (Å²) in [5.41, 5.74) is 3.28. The van der Waals surface area contributed by atoms with E-state index in [-0.39, 0.29) is 0 Å². The number of hydrogen-bond donors (Lipinski definition) is 1. The fraction of sp³-hybridized carbons (Fsp3) is 0.235. The van der Waals surface area contributed by atoms with Crippen LogP contribution in [0.2, 0.25) is 0 Å². The van der Waals surface area contributed by atoms with Gasteiger partial charge in [0.1, 0.15) is 0 Å². The molecule has 21 heavy (non-hydrogen) atoms. The zero-order chi connectivity index (χ0) is 15.4. The number of carboxylic acids is 1. The van der Waals surface area contributed by atoms with E-state index in [9.17, 15) is 9.90 Å². The molecule has 0 radical (unpaired) electrons. The summed E-state index contributed by atoms with van der Waals surface area (Å²) in [6.07, 6.45) is 1.90. The molecule has 0 saturated carbocycles. The van der Waals surface area contributed by atoms with Crippen molar-refractivity contribution in [3.8, 4) is 0 Å². The highest BCUT2D eigenvalue weighted by Crippen LogP contribution is 2.35. The smallest absolute Gasteiger partial charge is 0.338 e. The molecule has 1 N–H and O–H groups in total. The Morgan fingerprint density at radius 1 is 1.14 bits per heavy atom. The van der Waals surface area contributed by atoms with E-state index < -0.39 is 5.97 Å². The Balaban J connectivity index is 2.63. The average Bonchev–Trinajstić information content (AvgIpc) is 2.49. The number of benzene rings is 2. The number of aromatic carboxylic acids is 1. The molecule has 0 saturated heterocycles. The van der Waals surface area contributed by atoms with E-state index in [4.69, 9.17) is 0 Å². The van der Waals surface area contributed by atoms with Gasteiger partial charge in [0.2, 0.25) is 0 Å². The van der Waals surface area contributed by atoms with Crippen molar-refractivity contribution in [3.63, 3.8) is 0 Å². The van der Waals surface area contributed by atoms with Crippen molar-refractivity contribution in [1.29, 1.82) is 0 Å². The first-order valence-corrected chi connectivity index (χ1v) is 8.06. The lowest BCUT2D eigenvalue weighted by Crippen LogP contribution is -2.20. The first-order valence-electron chi connectivity index (χ1n) is 6.83. The molecule has 0 aliphatic heterocycles. The van der Waals surface area contributed by atoms with Crippen LogP contribution in [0.15, 0.2) is 47.4 Å². The number of rotatable bonds is 5. The molecule has 2 aromatic rings. The van der Waals surface area contributed by atoms with Gasteiger partial charge in [-0.1, -0.05) is 24.3 Å². The van der Waals surface area contributed by atoms with E-state index in [2.05, 4.69) is 4.90 Å². The molecule has 0 aliphatic rings. The van der Waals surface area contributed by atoms with Gasteiger partial charge in [0, 0.05) is 17.1 Å². The molecule has 0 fully saturated rings. The number of hydrogen-bond acceptors (Lipinski definition) is 3. The Bertz CT molecular complexity index is 655. The van der Waals surface area contributed by atoms with Crippen LogP contribution in [-0.4, -0.2) is 23.9 Å². The molecule has 2 rings (SSSR count). The Morgan fingerprint density at radius 3 is 2.38 bits per heavy atom. The highest BCUT2D eigenvalue weighted by molar-refractivity contribution is 7.98. The highest BCUT2D eigenvalue weighted by Gasteiger charge is 2.20. The number of para-hydroxylation sites is 1. The van der Waals surface area contributed by atoms with E-state index in [0.29, 0.717) is 12.1 Å². The fourth-order valence-electron chi connectivity index (χ4n) is 2.47. The predicted molar refractivity (Wildman–Crippen MR) is 89.0 cm³/mol. The monoisotopic (exact) mass is 301 g/mol. The first kappa shape index (κ1) is 15.4. The second-order valence-corrected chi connectivity index (χ2v) is 5.54. The van der Waals surface area contributed by atoms with Crippen LogP contribution in [0, 0.1) is 6.92 Å². The van der Waals surface area contributed by atoms with Crippen LogP contribution in [-0.2, 0) is 0 Å². The molecule has 3 nitrogen and oxygen atoms in total. The third-order valence-electron chi connectivity index (χ3n) is 3.45. The molecule has 0 atom stereocenters. The van der Waals surface area contributed by atoms with Crippen LogP contribution in [0.4, 0.5) is 11.4 Å². The molecule has 0 amide bonds. The lowest BCUT2D eigenvalue weighted by molar-refractivity contribution is 0.0694. The lowest BCUT2D eigenvalue weighted by Gasteiger charge is -2.27. The summed E-state index contributed by atoms with van der Waals surface area (Å²) in [6.45, 7) is 4.78. The second-order valence-electron chi connectivity index (χ2n) is 4.69. The number of aryl methyl sites for hydroxylation is 1. The number of nitrogens with zero attached hydrogens (tertiary/aromatic N) is 1. The van der Waals surface area contributed by atoms with E-state index in [1.54, 1.807) is 0 Å². The Morgan fingerprint density at radius 2 is 1.81 bits per heavy atom. The number of thioether (sulfide) groups is 1. The molecule has 0 heterocycles. The van der Waals surface area contributed by atoms with Gasteiger partial charge < -0.3 is 10.0 Å². The minimum absolute atomic E-state index is 0.370. The van der Waals surface area contributed by atoms with Crippen LogP contribution in [0.1, 0.15) is 22.8 Å². The first-order chi connectivity index (χ1) is 10.1. The van der Waals surface area contributed by atoms with Crippen LogP contribution >= 0.6 is 11.8 Å². The summed E-state index contributed by atoms with van der Waals surface area (Å²) in [5, 5.41) is 9.60. The topological polar surface area (TPSA) is 40.5 Å². The molecular formula is C17H19NO2S. The highest BCUT2D eigenvalue weighted by atomic mass is 32.2. The summed E-state index contributed by atoms with van der Waals surface area (Å²) >= 11 is 1.46. The van der Waals surface area contributed by atoms with E-state index in [1.807, 2.05) is 62.6 Å². The minimum Gasteiger partial charge on any atom is -0.478 e. The molecule has 0 unspecified atom stereocenters. The minimum atomic E-state index is -0.887. The zero-order valence-corrected chi connectivity index (χ0v) is 13.3. The second kappa shape index (κ2) is 6.68. The molecule has 0 bridgehead atoms. The molecular weight excluding hydrogens is 282 g/mol. The molecule has 2 aromatic carbocycles. The maximum Gasteiger partial charge on any atom is 0.338 e. The van der Waals surface area contributed by atoms with Crippen LogP contribution < -0.4 is 4.90 Å². The quantitative estimate of drug-likeness (QED) is 0.821. The van der Waals surface area contributed by atoms with Crippen molar-refractivity contribution >= 4 is 29.1 Å². The van der Waals surface area contributed by atoms with Gasteiger partial charge in [-0.15, -0.1) is 11.8 Å². The van der Waals surface area contributed by atoms with Crippen molar-refractivity contribution in [2.24, 2.45) is 0 Å². The van der Waals surface area contributed by atoms with Gasteiger partial charge in [-0.3, -0.25) is 0 Å². The van der Waals surface area contributed by atoms with Crippen molar-refractivity contribution in [1.82, 2.24) is 0 Å². The predicted octanol–water partition coefficient (Wildman–Crippen LogP) is 4.57. The van der Waals surface area contributed by atoms with Crippen molar-refractivity contribution in [3.05, 3.63) is 53.6 Å². The maximum atomic E-state index is 11.7. The van der Waals surface area contributed by atoms with Crippen molar-refractivity contribution in [2.45, 2.75) is 18.7 Å². The molecule has 4 heteroatoms. The summed E-state index contributed by atoms with van der Waals surface area (Å²) in [4.78, 5) is 14.5. The van der Waals surface area contributed by atoms with Gasteiger partial charge in [0.15, 0.2) is 0 Å². The van der Waals surface area contributed by atoms with Crippen molar-refractivity contribution < 1.29 is 9.90 Å². The standard InChI is InChI=1S/C17H19NO2S/c1-4-18(13-9-6-5-8-12(13)2)14-10-7-11-15(21-3)16(14)17(19)20/h5-11H,4H2,1-3H3,(H,19,20). The van der Waals surface area contributed by atoms with Gasteiger partial charge in [-0.05, 0) is 43.9 Å². The molecule has 0 aromatic heterocycles. The van der Waals surface area contributed by atoms with Gasteiger partial charge in [-0.2, -0.15) is 0 Å². The summed E-state index contributed by atoms with van der Waals surface area (Å²) in [5.74, 6) is -0.887. The normalized spacial score (nSPS) is 10.4. The number of anilines is 2. The summed E-state index contributed by atoms with van der Waals surface area (Å²) < 4.78 is 0. The van der Waals surface area contributed by atoms with E-state index >= 15 is 0 Å². The molecule has 0 spiro atoms. The van der Waals surface area contributed by atoms with E-state index in [1.165, 1.54) is 11.8 Å². The van der Waals surface area contributed by atoms with Crippen LogP contribution in [0.25, 0.3) is 0 Å². The van der Waals surface area contributed by atoms with Gasteiger partial charge in [0.05, 0.1) is 11.3 Å². The van der Waals surface area contributed by atoms with E-state index in [0.717, 1.165) is 21.8 Å². The summed E-state index contributed by atoms with van der Waals surface area (Å²) in [6, 6.07) is 13.7. The zero-order valence-electron chi connectivity index (χ0n) is 12.5. The third-order valence-corrected chi connectivity index (χ3v) is 4.23. The Labute approximate surface area is 129 Å². The summed E-state index contributed by atoms with van der Waals surface area (Å²) in [7, 11) is 0. The van der Waals surface area contributed by atoms with Gasteiger partial charge >= 0.3 is 5.97 Å². The van der Waals surface area contributed by atoms with Crippen molar-refractivity contribution in [2.75, 3.05) is 17.7 Å². The largest absolute Gasteiger partial charge is 0.478 e. The van der Waals surface area contributed by atoms with Crippen LogP contribution in [0.5, 0.6) is 0 Å².